The van der Waals surface area contributed by atoms with E-state index >= 15 is 0 Å². The Labute approximate surface area is 172 Å². The molecule has 0 saturated carbocycles. The first kappa shape index (κ1) is 17.7. The first-order valence-electron chi connectivity index (χ1n) is 9.30. The largest absolute Gasteiger partial charge is 0.422 e. The Morgan fingerprint density at radius 2 is 1.83 bits per heavy atom. The lowest BCUT2D eigenvalue weighted by Crippen LogP contribution is -2.21. The highest BCUT2D eigenvalue weighted by Crippen LogP contribution is 2.46. The lowest BCUT2D eigenvalue weighted by molar-refractivity contribution is 0.358. The second-order valence-electron chi connectivity index (χ2n) is 6.91. The van der Waals surface area contributed by atoms with E-state index in [1.807, 2.05) is 47.2 Å². The molecular weight excluding hydrogens is 378 g/mol. The van der Waals surface area contributed by atoms with Crippen molar-refractivity contribution >= 4 is 0 Å². The van der Waals surface area contributed by atoms with Gasteiger partial charge in [-0.25, -0.2) is 9.67 Å². The van der Waals surface area contributed by atoms with Gasteiger partial charge in [0.1, 0.15) is 17.3 Å². The number of aromatic nitrogens is 5. The van der Waals surface area contributed by atoms with Crippen LogP contribution in [0.5, 0.6) is 5.88 Å². The lowest BCUT2D eigenvalue weighted by atomic mass is 9.83. The van der Waals surface area contributed by atoms with E-state index in [2.05, 4.69) is 21.1 Å². The van der Waals surface area contributed by atoms with Crippen LogP contribution in [0.1, 0.15) is 17.0 Å². The number of nitrogens with two attached hydrogens (primary N) is 1. The van der Waals surface area contributed by atoms with Gasteiger partial charge in [-0.15, -0.1) is 0 Å². The molecule has 0 fully saturated rings. The van der Waals surface area contributed by atoms with Crippen molar-refractivity contribution < 1.29 is 4.74 Å². The van der Waals surface area contributed by atoms with Crippen LogP contribution in [0.4, 0.5) is 0 Å². The highest BCUT2D eigenvalue weighted by Gasteiger charge is 2.36. The third-order valence-corrected chi connectivity index (χ3v) is 5.18. The van der Waals surface area contributed by atoms with Crippen molar-refractivity contribution in [2.45, 2.75) is 5.92 Å². The number of allylic oxidation sites excluding steroid dienone is 1. The predicted molar refractivity (Wildman–Crippen MR) is 109 cm³/mol. The second kappa shape index (κ2) is 6.90. The van der Waals surface area contributed by atoms with Crippen molar-refractivity contribution in [1.29, 1.82) is 5.26 Å². The molecule has 2 N–H and O–H groups in total. The van der Waals surface area contributed by atoms with Crippen molar-refractivity contribution in [3.63, 3.8) is 0 Å². The molecule has 3 aromatic heterocycles. The zero-order chi connectivity index (χ0) is 20.7. The molecule has 4 aromatic rings. The van der Waals surface area contributed by atoms with Crippen molar-refractivity contribution in [3.8, 4) is 28.9 Å². The molecule has 0 aliphatic carbocycles. The van der Waals surface area contributed by atoms with Crippen LogP contribution >= 0.6 is 0 Å². The van der Waals surface area contributed by atoms with Crippen LogP contribution in [0.3, 0.4) is 0 Å². The average Bonchev–Trinajstić information content (AvgIpc) is 3.42. The summed E-state index contributed by atoms with van der Waals surface area (Å²) in [7, 11) is 1.80. The number of ether oxygens (including phenoxy) is 1. The van der Waals surface area contributed by atoms with Gasteiger partial charge in [-0.1, -0.05) is 12.1 Å². The van der Waals surface area contributed by atoms with E-state index in [1.54, 1.807) is 36.6 Å². The number of pyridine rings is 1. The van der Waals surface area contributed by atoms with E-state index in [-0.39, 0.29) is 5.88 Å². The van der Waals surface area contributed by atoms with Crippen molar-refractivity contribution in [1.82, 2.24) is 24.3 Å². The Balaban J connectivity index is 1.69. The summed E-state index contributed by atoms with van der Waals surface area (Å²) in [6.45, 7) is 0. The quantitative estimate of drug-likeness (QED) is 0.571. The Hall–Kier alpha value is -4.38. The fourth-order valence-electron chi connectivity index (χ4n) is 3.78. The van der Waals surface area contributed by atoms with Crippen LogP contribution in [0.2, 0.25) is 0 Å². The highest BCUT2D eigenvalue weighted by molar-refractivity contribution is 5.71. The Morgan fingerprint density at radius 3 is 2.50 bits per heavy atom. The minimum Gasteiger partial charge on any atom is -0.422 e. The second-order valence-corrected chi connectivity index (χ2v) is 6.91. The fraction of sp³-hybridized carbons (Fsp3) is 0.0909. The van der Waals surface area contributed by atoms with Crippen LogP contribution in [0.25, 0.3) is 16.9 Å². The van der Waals surface area contributed by atoms with Gasteiger partial charge in [0, 0.05) is 43.1 Å². The van der Waals surface area contributed by atoms with E-state index in [0.717, 1.165) is 28.1 Å². The van der Waals surface area contributed by atoms with Crippen LogP contribution < -0.4 is 10.5 Å². The number of nitriles is 1. The van der Waals surface area contributed by atoms with Crippen LogP contribution in [0, 0.1) is 11.3 Å². The molecule has 4 heterocycles. The minimum absolute atomic E-state index is 0.0953. The van der Waals surface area contributed by atoms with Gasteiger partial charge in [-0.3, -0.25) is 4.98 Å². The van der Waals surface area contributed by atoms with Crippen LogP contribution in [0.15, 0.2) is 79.0 Å². The van der Waals surface area contributed by atoms with Gasteiger partial charge in [0.15, 0.2) is 0 Å². The normalized spacial score (nSPS) is 15.4. The average molecular weight is 395 g/mol. The molecule has 0 spiro atoms. The van der Waals surface area contributed by atoms with E-state index in [0.29, 0.717) is 11.5 Å². The molecule has 5 rings (SSSR count). The molecule has 8 heteroatoms. The molecule has 1 unspecified atom stereocenters. The van der Waals surface area contributed by atoms with Crippen LogP contribution in [-0.4, -0.2) is 24.3 Å². The first-order valence-corrected chi connectivity index (χ1v) is 9.30. The number of rotatable bonds is 3. The molecule has 0 radical (unpaired) electrons. The van der Waals surface area contributed by atoms with E-state index in [4.69, 9.17) is 10.5 Å². The zero-order valence-electron chi connectivity index (χ0n) is 16.1. The molecule has 0 saturated heterocycles. The third kappa shape index (κ3) is 2.72. The molecule has 146 valence electrons. The maximum absolute atomic E-state index is 9.87. The molecule has 0 bridgehead atoms. The molecule has 30 heavy (non-hydrogen) atoms. The number of imidazole rings is 1. The molecule has 1 aromatic carbocycles. The Bertz CT molecular complexity index is 1280. The van der Waals surface area contributed by atoms with Crippen molar-refractivity contribution in [2.24, 2.45) is 12.8 Å². The first-order chi connectivity index (χ1) is 14.7. The Morgan fingerprint density at radius 1 is 1.07 bits per heavy atom. The van der Waals surface area contributed by atoms with Crippen LogP contribution in [-0.2, 0) is 7.05 Å². The van der Waals surface area contributed by atoms with E-state index in [1.165, 1.54) is 0 Å². The highest BCUT2D eigenvalue weighted by atomic mass is 16.5. The number of aryl methyl sites for hydroxylation is 1. The summed E-state index contributed by atoms with van der Waals surface area (Å²) < 4.78 is 9.38. The number of fused-ring (bicyclic) bond motifs is 1. The number of benzene rings is 1. The maximum atomic E-state index is 9.87. The predicted octanol–water partition coefficient (Wildman–Crippen LogP) is 2.89. The molecule has 1 aliphatic rings. The molecule has 8 nitrogen and oxygen atoms in total. The summed E-state index contributed by atoms with van der Waals surface area (Å²) in [5, 5.41) is 14.5. The van der Waals surface area contributed by atoms with Gasteiger partial charge in [-0.05, 0) is 29.8 Å². The summed E-state index contributed by atoms with van der Waals surface area (Å²) in [6, 6.07) is 14.0. The lowest BCUT2D eigenvalue weighted by Gasteiger charge is -2.25. The van der Waals surface area contributed by atoms with Gasteiger partial charge in [0.2, 0.25) is 11.8 Å². The number of hydrogen-bond acceptors (Lipinski definition) is 6. The maximum Gasteiger partial charge on any atom is 0.224 e. The number of hydrogen-bond donors (Lipinski definition) is 1. The monoisotopic (exact) mass is 395 g/mol. The van der Waals surface area contributed by atoms with E-state index < -0.39 is 5.92 Å². The summed E-state index contributed by atoms with van der Waals surface area (Å²) in [6.07, 6.45) is 8.77. The Kier molecular flexibility index (Phi) is 4.07. The fourth-order valence-corrected chi connectivity index (χ4v) is 3.78. The zero-order valence-corrected chi connectivity index (χ0v) is 16.1. The van der Waals surface area contributed by atoms with Gasteiger partial charge in [0.05, 0.1) is 17.8 Å². The smallest absolute Gasteiger partial charge is 0.224 e. The van der Waals surface area contributed by atoms with Gasteiger partial charge in [0.25, 0.3) is 0 Å². The molecular formula is C22H17N7O. The van der Waals surface area contributed by atoms with Gasteiger partial charge >= 0.3 is 0 Å². The topological polar surface area (TPSA) is 108 Å². The summed E-state index contributed by atoms with van der Waals surface area (Å²) in [4.78, 5) is 8.18. The van der Waals surface area contributed by atoms with Gasteiger partial charge < -0.3 is 15.0 Å². The number of nitrogens with zero attached hydrogens (tertiary/aromatic N) is 6. The summed E-state index contributed by atoms with van der Waals surface area (Å²) in [5.74, 6) is 0.229. The molecule has 1 aliphatic heterocycles. The third-order valence-electron chi connectivity index (χ3n) is 5.18. The van der Waals surface area contributed by atoms with Crippen molar-refractivity contribution in [2.75, 3.05) is 0 Å². The van der Waals surface area contributed by atoms with Gasteiger partial charge in [-0.2, -0.15) is 10.4 Å². The van der Waals surface area contributed by atoms with Crippen molar-refractivity contribution in [3.05, 3.63) is 90.1 Å². The standard InChI is InChI=1S/C22H17N7O/c1-28-22-19(20(27-28)15-6-8-25-9-7-15)18(17(12-23)21(24)30-22)14-2-4-16(5-3-14)29-11-10-26-13-29/h2-11,13,18H,24H2,1H3. The summed E-state index contributed by atoms with van der Waals surface area (Å²) in [5.41, 5.74) is 10.8. The molecule has 1 atom stereocenters. The van der Waals surface area contributed by atoms with E-state index in [9.17, 15) is 5.26 Å². The molecule has 0 amide bonds. The minimum atomic E-state index is -0.396. The summed E-state index contributed by atoms with van der Waals surface area (Å²) >= 11 is 0. The SMILES string of the molecule is Cn1nc(-c2ccncc2)c2c1OC(N)=C(C#N)C2c1ccc(-n2ccnc2)cc1.